The van der Waals surface area contributed by atoms with E-state index in [1.807, 2.05) is 42.1 Å². The van der Waals surface area contributed by atoms with Gasteiger partial charge in [0.25, 0.3) is 0 Å². The first-order valence-corrected chi connectivity index (χ1v) is 6.71. The van der Waals surface area contributed by atoms with Gasteiger partial charge in [-0.05, 0) is 37.1 Å². The quantitative estimate of drug-likeness (QED) is 0.761. The Labute approximate surface area is 113 Å². The Bertz CT molecular complexity index is 579. The van der Waals surface area contributed by atoms with Crippen LogP contribution in [0.3, 0.4) is 0 Å². The van der Waals surface area contributed by atoms with Gasteiger partial charge in [0.1, 0.15) is 5.69 Å². The fourth-order valence-electron chi connectivity index (χ4n) is 2.44. The number of anilines is 1. The van der Waals surface area contributed by atoms with Crippen LogP contribution in [0.2, 0.25) is 0 Å². The van der Waals surface area contributed by atoms with E-state index in [1.165, 1.54) is 18.5 Å². The normalized spacial score (nSPS) is 15.5. The van der Waals surface area contributed by atoms with Crippen LogP contribution in [-0.2, 0) is 7.05 Å². The second-order valence-corrected chi connectivity index (χ2v) is 4.86. The van der Waals surface area contributed by atoms with Crippen LogP contribution in [0, 0.1) is 0 Å². The van der Waals surface area contributed by atoms with E-state index in [0.717, 1.165) is 24.6 Å². The number of rotatable bonds is 3. The molecule has 1 aliphatic heterocycles. The van der Waals surface area contributed by atoms with E-state index in [0.29, 0.717) is 0 Å². The summed E-state index contributed by atoms with van der Waals surface area (Å²) in [6.45, 7) is 2.24. The Morgan fingerprint density at radius 3 is 2.47 bits per heavy atom. The lowest BCUT2D eigenvalue weighted by atomic mass is 10.2. The predicted octanol–water partition coefficient (Wildman–Crippen LogP) is 4.04. The molecule has 0 N–H and O–H groups in total. The lowest BCUT2D eigenvalue weighted by Gasteiger charge is -2.18. The first kappa shape index (κ1) is 12.0. The number of aromatic nitrogens is 1. The molecule has 4 heteroatoms. The average Bonchev–Trinajstić information content (AvgIpc) is 3.08. The summed E-state index contributed by atoms with van der Waals surface area (Å²) in [4.78, 5) is 2.39. The number of hydrogen-bond acceptors (Lipinski definition) is 3. The molecule has 4 nitrogen and oxygen atoms in total. The minimum atomic E-state index is 0.872. The molecule has 0 aliphatic carbocycles. The Kier molecular flexibility index (Phi) is 3.31. The second-order valence-electron chi connectivity index (χ2n) is 4.86. The fraction of sp³-hybridized carbons (Fsp3) is 0.333. The zero-order chi connectivity index (χ0) is 13.1. The minimum Gasteiger partial charge on any atom is -0.370 e. The molecule has 1 aromatic carbocycles. The molecule has 2 heterocycles. The summed E-state index contributed by atoms with van der Waals surface area (Å²) in [5, 5.41) is 8.75. The van der Waals surface area contributed by atoms with Crippen molar-refractivity contribution in [2.45, 2.75) is 12.8 Å². The van der Waals surface area contributed by atoms with Gasteiger partial charge in [-0.3, -0.25) is 0 Å². The van der Waals surface area contributed by atoms with Gasteiger partial charge >= 0.3 is 0 Å². The molecule has 0 amide bonds. The third-order valence-corrected chi connectivity index (χ3v) is 3.51. The maximum Gasteiger partial charge on any atom is 0.154 e. The van der Waals surface area contributed by atoms with Crippen LogP contribution in [-0.4, -0.2) is 17.7 Å². The van der Waals surface area contributed by atoms with Gasteiger partial charge in [0.2, 0.25) is 0 Å². The van der Waals surface area contributed by atoms with Gasteiger partial charge in [0.05, 0.1) is 5.69 Å². The fourth-order valence-corrected chi connectivity index (χ4v) is 2.44. The van der Waals surface area contributed by atoms with E-state index in [9.17, 15) is 0 Å². The SMILES string of the molecule is Cn1cccc1N=Nc1ccccc1N1CCCC1. The van der Waals surface area contributed by atoms with Crippen LogP contribution in [0.4, 0.5) is 17.2 Å². The van der Waals surface area contributed by atoms with Gasteiger partial charge in [-0.15, -0.1) is 10.2 Å². The van der Waals surface area contributed by atoms with Crippen molar-refractivity contribution < 1.29 is 0 Å². The molecule has 0 spiro atoms. The molecule has 1 saturated heterocycles. The summed E-state index contributed by atoms with van der Waals surface area (Å²) >= 11 is 0. The first-order valence-electron chi connectivity index (χ1n) is 6.71. The highest BCUT2D eigenvalue weighted by Gasteiger charge is 2.15. The van der Waals surface area contributed by atoms with Gasteiger partial charge in [-0.2, -0.15) is 0 Å². The number of nitrogens with zero attached hydrogens (tertiary/aromatic N) is 4. The van der Waals surface area contributed by atoms with Crippen LogP contribution in [0.15, 0.2) is 52.8 Å². The third-order valence-electron chi connectivity index (χ3n) is 3.51. The van der Waals surface area contributed by atoms with Crippen LogP contribution in [0.1, 0.15) is 12.8 Å². The van der Waals surface area contributed by atoms with Crippen LogP contribution in [0.25, 0.3) is 0 Å². The molecule has 0 radical (unpaired) electrons. The summed E-state index contributed by atoms with van der Waals surface area (Å²) in [6.07, 6.45) is 4.51. The largest absolute Gasteiger partial charge is 0.370 e. The van der Waals surface area contributed by atoms with Crippen LogP contribution < -0.4 is 4.90 Å². The molecule has 19 heavy (non-hydrogen) atoms. The highest BCUT2D eigenvalue weighted by molar-refractivity contribution is 5.66. The van der Waals surface area contributed by atoms with Crippen LogP contribution >= 0.6 is 0 Å². The predicted molar refractivity (Wildman–Crippen MR) is 77.5 cm³/mol. The third kappa shape index (κ3) is 2.52. The number of aryl methyl sites for hydroxylation is 1. The molecule has 1 fully saturated rings. The minimum absolute atomic E-state index is 0.872. The number of azo groups is 1. The maximum atomic E-state index is 4.42. The molecule has 98 valence electrons. The summed E-state index contributed by atoms with van der Waals surface area (Å²) in [5.41, 5.74) is 2.14. The summed E-state index contributed by atoms with van der Waals surface area (Å²) in [7, 11) is 1.97. The van der Waals surface area contributed by atoms with E-state index in [4.69, 9.17) is 0 Å². The number of hydrogen-bond donors (Lipinski definition) is 0. The Morgan fingerprint density at radius 1 is 0.947 bits per heavy atom. The van der Waals surface area contributed by atoms with Gasteiger partial charge in [0.15, 0.2) is 5.82 Å². The topological polar surface area (TPSA) is 32.9 Å². The van der Waals surface area contributed by atoms with Crippen LogP contribution in [0.5, 0.6) is 0 Å². The van der Waals surface area contributed by atoms with Crippen molar-refractivity contribution in [1.29, 1.82) is 0 Å². The van der Waals surface area contributed by atoms with Gasteiger partial charge in [-0.25, -0.2) is 0 Å². The van der Waals surface area contributed by atoms with Crippen molar-refractivity contribution >= 4 is 17.2 Å². The second kappa shape index (κ2) is 5.26. The molecule has 1 aliphatic rings. The van der Waals surface area contributed by atoms with E-state index in [2.05, 4.69) is 27.3 Å². The molecule has 2 aromatic rings. The summed E-state index contributed by atoms with van der Waals surface area (Å²) < 4.78 is 1.96. The van der Waals surface area contributed by atoms with Crippen molar-refractivity contribution in [2.75, 3.05) is 18.0 Å². The Morgan fingerprint density at radius 2 is 1.74 bits per heavy atom. The molecule has 0 atom stereocenters. The molecular weight excluding hydrogens is 236 g/mol. The van der Waals surface area contributed by atoms with Gasteiger partial charge < -0.3 is 9.47 Å². The van der Waals surface area contributed by atoms with Crippen molar-refractivity contribution in [3.63, 3.8) is 0 Å². The van der Waals surface area contributed by atoms with Crippen molar-refractivity contribution in [1.82, 2.24) is 4.57 Å². The summed E-state index contributed by atoms with van der Waals surface area (Å²) in [6, 6.07) is 12.2. The Balaban J connectivity index is 1.88. The maximum absolute atomic E-state index is 4.42. The molecular formula is C15H18N4. The highest BCUT2D eigenvalue weighted by atomic mass is 15.2. The lowest BCUT2D eigenvalue weighted by Crippen LogP contribution is -2.17. The highest BCUT2D eigenvalue weighted by Crippen LogP contribution is 2.32. The van der Waals surface area contributed by atoms with Gasteiger partial charge in [0, 0.05) is 26.3 Å². The molecule has 1 aromatic heterocycles. The van der Waals surface area contributed by atoms with Gasteiger partial charge in [-0.1, -0.05) is 12.1 Å². The van der Waals surface area contributed by atoms with Crippen molar-refractivity contribution in [3.05, 3.63) is 42.6 Å². The Hall–Kier alpha value is -2.10. The van der Waals surface area contributed by atoms with E-state index >= 15 is 0 Å². The number of para-hydroxylation sites is 1. The van der Waals surface area contributed by atoms with Crippen molar-refractivity contribution in [3.8, 4) is 0 Å². The van der Waals surface area contributed by atoms with E-state index in [-0.39, 0.29) is 0 Å². The lowest BCUT2D eigenvalue weighted by molar-refractivity contribution is 0.908. The molecule has 0 saturated carbocycles. The van der Waals surface area contributed by atoms with Crippen molar-refractivity contribution in [2.24, 2.45) is 17.3 Å². The van der Waals surface area contributed by atoms with E-state index in [1.54, 1.807) is 0 Å². The average molecular weight is 254 g/mol. The molecule has 0 bridgehead atoms. The molecule has 3 rings (SSSR count). The zero-order valence-electron chi connectivity index (χ0n) is 11.2. The number of benzene rings is 1. The zero-order valence-corrected chi connectivity index (χ0v) is 11.2. The molecule has 0 unspecified atom stereocenters. The first-order chi connectivity index (χ1) is 9.34. The van der Waals surface area contributed by atoms with E-state index < -0.39 is 0 Å². The standard InChI is InChI=1S/C15H18N4/c1-18-10-6-9-15(18)17-16-13-7-2-3-8-14(13)19-11-4-5-12-19/h2-3,6-10H,4-5,11-12H2,1H3. The summed E-state index contributed by atoms with van der Waals surface area (Å²) in [5.74, 6) is 0.872. The monoisotopic (exact) mass is 254 g/mol. The smallest absolute Gasteiger partial charge is 0.154 e.